The quantitative estimate of drug-likeness (QED) is 0.549. The van der Waals surface area contributed by atoms with Crippen molar-refractivity contribution in [2.24, 2.45) is 5.92 Å². The van der Waals surface area contributed by atoms with Crippen molar-refractivity contribution in [2.75, 3.05) is 5.32 Å². The molecule has 0 saturated carbocycles. The van der Waals surface area contributed by atoms with Crippen LogP contribution < -0.4 is 10.6 Å². The second-order valence-corrected chi connectivity index (χ2v) is 6.84. The number of fused-ring (bicyclic) bond motifs is 1. The lowest BCUT2D eigenvalue weighted by Gasteiger charge is -2.11. The summed E-state index contributed by atoms with van der Waals surface area (Å²) in [6, 6.07) is 11.8. The maximum atomic E-state index is 12.7. The molecule has 1 aromatic heterocycles. The first kappa shape index (κ1) is 20.4. The van der Waals surface area contributed by atoms with Crippen molar-refractivity contribution in [2.45, 2.75) is 33.2 Å². The Morgan fingerprint density at radius 2 is 1.97 bits per heavy atom. The number of hydrogen-bond acceptors (Lipinski definition) is 3. The highest BCUT2D eigenvalue weighted by Crippen LogP contribution is 2.21. The molecule has 0 saturated heterocycles. The summed E-state index contributed by atoms with van der Waals surface area (Å²) in [6.07, 6.45) is -1.95. The summed E-state index contributed by atoms with van der Waals surface area (Å²) in [5, 5.41) is 5.65. The van der Waals surface area contributed by atoms with E-state index in [0.717, 1.165) is 12.0 Å². The van der Waals surface area contributed by atoms with E-state index >= 15 is 0 Å². The zero-order valence-electron chi connectivity index (χ0n) is 16.1. The van der Waals surface area contributed by atoms with Crippen LogP contribution in [0.25, 0.3) is 11.0 Å². The summed E-state index contributed by atoms with van der Waals surface area (Å²) in [6.45, 7) is 4.07. The largest absolute Gasteiger partial charge is 0.348 e. The van der Waals surface area contributed by atoms with E-state index in [1.807, 2.05) is 19.9 Å². The Bertz CT molecular complexity index is 1030. The van der Waals surface area contributed by atoms with Crippen LogP contribution in [0.3, 0.4) is 0 Å². The van der Waals surface area contributed by atoms with Gasteiger partial charge in [0.15, 0.2) is 5.82 Å². The smallest absolute Gasteiger partial charge is 0.295 e. The molecule has 0 aliphatic heterocycles. The van der Waals surface area contributed by atoms with Crippen molar-refractivity contribution >= 4 is 28.5 Å². The third-order valence-electron chi connectivity index (χ3n) is 4.68. The summed E-state index contributed by atoms with van der Waals surface area (Å²) in [4.78, 5) is 30.8. The Morgan fingerprint density at radius 1 is 1.17 bits per heavy atom. The molecule has 3 rings (SSSR count). The highest BCUT2D eigenvalue weighted by molar-refractivity contribution is 5.97. The van der Waals surface area contributed by atoms with Crippen molar-refractivity contribution < 1.29 is 18.4 Å². The van der Waals surface area contributed by atoms with Gasteiger partial charge in [0, 0.05) is 23.7 Å². The van der Waals surface area contributed by atoms with Crippen LogP contribution >= 0.6 is 0 Å². The normalized spacial score (nSPS) is 12.2. The van der Waals surface area contributed by atoms with Gasteiger partial charge in [-0.25, -0.2) is 13.8 Å². The Hall–Kier alpha value is -3.29. The second kappa shape index (κ2) is 8.81. The first-order chi connectivity index (χ1) is 13.9. The van der Waals surface area contributed by atoms with Crippen LogP contribution in [-0.2, 0) is 11.3 Å². The number of alkyl halides is 2. The molecule has 0 spiro atoms. The number of nitrogens with zero attached hydrogens (tertiary/aromatic N) is 1. The highest BCUT2D eigenvalue weighted by atomic mass is 19.3. The van der Waals surface area contributed by atoms with Gasteiger partial charge in [0.2, 0.25) is 5.91 Å². The van der Waals surface area contributed by atoms with E-state index in [-0.39, 0.29) is 24.3 Å². The molecule has 2 aromatic carbocycles. The predicted octanol–water partition coefficient (Wildman–Crippen LogP) is 4.42. The van der Waals surface area contributed by atoms with Crippen molar-refractivity contribution in [3.05, 3.63) is 59.4 Å². The number of imidazole rings is 1. The first-order valence-corrected chi connectivity index (χ1v) is 9.33. The Labute approximate surface area is 166 Å². The average molecular weight is 400 g/mol. The summed E-state index contributed by atoms with van der Waals surface area (Å²) < 4.78 is 25.5. The second-order valence-electron chi connectivity index (χ2n) is 6.84. The van der Waals surface area contributed by atoms with Gasteiger partial charge in [-0.05, 0) is 42.3 Å². The number of anilines is 1. The Balaban J connectivity index is 1.65. The standard InChI is InChI=1S/C21H22F2N4O2/c1-3-12(2)20(28)25-15-6-4-5-13(9-15)11-24-21(29)14-7-8-16-17(10-14)27-19(26-16)18(22)23/h4-10,12,18H,3,11H2,1-2H3,(H,24,29)(H,25,28)(H,26,27). The van der Waals surface area contributed by atoms with E-state index in [9.17, 15) is 18.4 Å². The minimum Gasteiger partial charge on any atom is -0.348 e. The molecule has 1 unspecified atom stereocenters. The molecule has 2 amide bonds. The highest BCUT2D eigenvalue weighted by Gasteiger charge is 2.14. The lowest BCUT2D eigenvalue weighted by atomic mass is 10.1. The van der Waals surface area contributed by atoms with Gasteiger partial charge >= 0.3 is 0 Å². The third-order valence-corrected chi connectivity index (χ3v) is 4.68. The van der Waals surface area contributed by atoms with Crippen molar-refractivity contribution in [1.82, 2.24) is 15.3 Å². The first-order valence-electron chi connectivity index (χ1n) is 9.33. The van der Waals surface area contributed by atoms with Crippen LogP contribution in [0.2, 0.25) is 0 Å². The number of rotatable bonds is 7. The summed E-state index contributed by atoms with van der Waals surface area (Å²) in [5.41, 5.74) is 2.58. The van der Waals surface area contributed by atoms with Gasteiger partial charge in [-0.3, -0.25) is 9.59 Å². The molecule has 8 heteroatoms. The Morgan fingerprint density at radius 3 is 2.69 bits per heavy atom. The van der Waals surface area contributed by atoms with Gasteiger partial charge in [0.1, 0.15) is 0 Å². The molecule has 0 aliphatic carbocycles. The van der Waals surface area contributed by atoms with Gasteiger partial charge in [0.25, 0.3) is 12.3 Å². The van der Waals surface area contributed by atoms with Crippen LogP contribution in [0.4, 0.5) is 14.5 Å². The van der Waals surface area contributed by atoms with Crippen LogP contribution in [-0.4, -0.2) is 21.8 Å². The fourth-order valence-corrected chi connectivity index (χ4v) is 2.77. The molecular weight excluding hydrogens is 378 g/mol. The molecule has 1 atom stereocenters. The average Bonchev–Trinajstić information content (AvgIpc) is 3.15. The van der Waals surface area contributed by atoms with Crippen molar-refractivity contribution in [3.8, 4) is 0 Å². The molecule has 3 aromatic rings. The molecule has 152 valence electrons. The summed E-state index contributed by atoms with van der Waals surface area (Å²) >= 11 is 0. The van der Waals surface area contributed by atoms with E-state index < -0.39 is 12.2 Å². The van der Waals surface area contributed by atoms with Gasteiger partial charge in [-0.15, -0.1) is 0 Å². The number of amides is 2. The maximum Gasteiger partial charge on any atom is 0.295 e. The van der Waals surface area contributed by atoms with Gasteiger partial charge in [-0.1, -0.05) is 26.0 Å². The number of benzene rings is 2. The number of aromatic amines is 1. The van der Waals surface area contributed by atoms with E-state index in [0.29, 0.717) is 22.3 Å². The number of nitrogens with one attached hydrogen (secondary N) is 3. The summed E-state index contributed by atoms with van der Waals surface area (Å²) in [7, 11) is 0. The topological polar surface area (TPSA) is 86.9 Å². The van der Waals surface area contributed by atoms with Crippen LogP contribution in [0.15, 0.2) is 42.5 Å². The molecule has 0 bridgehead atoms. The van der Waals surface area contributed by atoms with Gasteiger partial charge in [-0.2, -0.15) is 0 Å². The monoisotopic (exact) mass is 400 g/mol. The molecular formula is C21H22F2N4O2. The fourth-order valence-electron chi connectivity index (χ4n) is 2.77. The van der Waals surface area contributed by atoms with Crippen LogP contribution in [0, 0.1) is 5.92 Å². The number of H-pyrrole nitrogens is 1. The van der Waals surface area contributed by atoms with Crippen LogP contribution in [0.1, 0.15) is 48.4 Å². The van der Waals surface area contributed by atoms with E-state index in [1.54, 1.807) is 18.2 Å². The minimum atomic E-state index is -2.70. The third kappa shape index (κ3) is 4.96. The van der Waals surface area contributed by atoms with E-state index in [4.69, 9.17) is 0 Å². The molecule has 0 aliphatic rings. The number of carbonyl (C=O) groups excluding carboxylic acids is 2. The molecule has 3 N–H and O–H groups in total. The van der Waals surface area contributed by atoms with E-state index in [2.05, 4.69) is 20.6 Å². The molecule has 1 heterocycles. The van der Waals surface area contributed by atoms with Gasteiger partial charge < -0.3 is 15.6 Å². The minimum absolute atomic E-state index is 0.0512. The number of hydrogen-bond donors (Lipinski definition) is 3. The lowest BCUT2D eigenvalue weighted by Crippen LogP contribution is -2.23. The number of carbonyl (C=O) groups is 2. The van der Waals surface area contributed by atoms with Gasteiger partial charge in [0.05, 0.1) is 11.0 Å². The van der Waals surface area contributed by atoms with Crippen molar-refractivity contribution in [3.63, 3.8) is 0 Å². The van der Waals surface area contributed by atoms with Crippen LogP contribution in [0.5, 0.6) is 0 Å². The molecule has 0 radical (unpaired) electrons. The summed E-state index contributed by atoms with van der Waals surface area (Å²) in [5.74, 6) is -0.894. The van der Waals surface area contributed by atoms with E-state index in [1.165, 1.54) is 18.2 Å². The molecule has 6 nitrogen and oxygen atoms in total. The lowest BCUT2D eigenvalue weighted by molar-refractivity contribution is -0.119. The molecule has 0 fully saturated rings. The Kier molecular flexibility index (Phi) is 6.21. The van der Waals surface area contributed by atoms with Crippen molar-refractivity contribution in [1.29, 1.82) is 0 Å². The zero-order valence-corrected chi connectivity index (χ0v) is 16.1. The zero-order chi connectivity index (χ0) is 21.0. The molecule has 29 heavy (non-hydrogen) atoms. The number of halogens is 2. The maximum absolute atomic E-state index is 12.7. The SMILES string of the molecule is CCC(C)C(=O)Nc1cccc(CNC(=O)c2ccc3nc(C(F)F)[nH]c3c2)c1. The number of aromatic nitrogens is 2. The predicted molar refractivity (Wildman–Crippen MR) is 107 cm³/mol. The fraction of sp³-hybridized carbons (Fsp3) is 0.286.